The van der Waals surface area contributed by atoms with Gasteiger partial charge in [-0.25, -0.2) is 4.98 Å². The fourth-order valence-corrected chi connectivity index (χ4v) is 3.21. The summed E-state index contributed by atoms with van der Waals surface area (Å²) in [6.07, 6.45) is 2.56. The number of nitrogens with zero attached hydrogens (tertiary/aromatic N) is 2. The van der Waals surface area contributed by atoms with Crippen LogP contribution < -0.4 is 10.6 Å². The van der Waals surface area contributed by atoms with Crippen LogP contribution in [0.3, 0.4) is 0 Å². The Bertz CT molecular complexity index is 845. The number of rotatable bonds is 5. The molecule has 1 aromatic carbocycles. The van der Waals surface area contributed by atoms with Crippen molar-refractivity contribution in [2.24, 2.45) is 0 Å². The van der Waals surface area contributed by atoms with Gasteiger partial charge >= 0.3 is 0 Å². The molecule has 3 rings (SSSR count). The third kappa shape index (κ3) is 3.44. The van der Waals surface area contributed by atoms with Crippen molar-refractivity contribution in [3.63, 3.8) is 0 Å². The van der Waals surface area contributed by atoms with Crippen molar-refractivity contribution in [3.05, 3.63) is 65.5 Å². The largest absolute Gasteiger partial charge is 0.330 e. The van der Waals surface area contributed by atoms with Crippen LogP contribution in [-0.4, -0.2) is 15.3 Å². The molecule has 24 heavy (non-hydrogen) atoms. The van der Waals surface area contributed by atoms with Crippen molar-refractivity contribution < 1.29 is 4.79 Å². The van der Waals surface area contributed by atoms with Gasteiger partial charge < -0.3 is 10.6 Å². The van der Waals surface area contributed by atoms with E-state index in [1.165, 1.54) is 11.5 Å². The van der Waals surface area contributed by atoms with Crippen molar-refractivity contribution in [2.75, 3.05) is 10.6 Å². The third-order valence-corrected chi connectivity index (χ3v) is 4.50. The topological polar surface area (TPSA) is 66.9 Å². The molecular formula is C18H18N4OS. The maximum Gasteiger partial charge on any atom is 0.260 e. The Morgan fingerprint density at radius 1 is 1.17 bits per heavy atom. The minimum Gasteiger partial charge on any atom is -0.330 e. The Morgan fingerprint density at radius 2 is 1.96 bits per heavy atom. The number of carbonyl (C=O) groups excluding carboxylic acids is 1. The molecule has 0 spiro atoms. The highest BCUT2D eigenvalue weighted by atomic mass is 32.1. The lowest BCUT2D eigenvalue weighted by atomic mass is 10.1. The summed E-state index contributed by atoms with van der Waals surface area (Å²) in [6, 6.07) is 13.4. The van der Waals surface area contributed by atoms with E-state index < -0.39 is 0 Å². The van der Waals surface area contributed by atoms with E-state index in [2.05, 4.69) is 26.9 Å². The van der Waals surface area contributed by atoms with E-state index in [1.807, 2.05) is 49.4 Å². The number of para-hydroxylation sites is 1. The second kappa shape index (κ2) is 7.23. The van der Waals surface area contributed by atoms with Crippen LogP contribution in [0.25, 0.3) is 0 Å². The molecule has 0 fully saturated rings. The van der Waals surface area contributed by atoms with Gasteiger partial charge in [0.2, 0.25) is 0 Å². The first-order valence-electron chi connectivity index (χ1n) is 7.72. The highest BCUT2D eigenvalue weighted by molar-refractivity contribution is 7.10. The Balaban J connectivity index is 1.86. The summed E-state index contributed by atoms with van der Waals surface area (Å²) in [5.41, 5.74) is 3.19. The molecule has 0 atom stereocenters. The number of anilines is 3. The lowest BCUT2D eigenvalue weighted by Gasteiger charge is -2.11. The van der Waals surface area contributed by atoms with Crippen LogP contribution in [0.5, 0.6) is 0 Å². The third-order valence-electron chi connectivity index (χ3n) is 3.64. The predicted octanol–water partition coefficient (Wildman–Crippen LogP) is 4.40. The van der Waals surface area contributed by atoms with E-state index in [0.29, 0.717) is 22.1 Å². The summed E-state index contributed by atoms with van der Waals surface area (Å²) >= 11 is 1.26. The first-order chi connectivity index (χ1) is 11.7. The van der Waals surface area contributed by atoms with Crippen LogP contribution in [0.2, 0.25) is 0 Å². The number of hydrogen-bond acceptors (Lipinski definition) is 5. The van der Waals surface area contributed by atoms with Gasteiger partial charge in [-0.05, 0) is 48.6 Å². The summed E-state index contributed by atoms with van der Waals surface area (Å²) in [5.74, 6) is 0.518. The molecule has 1 amide bonds. The zero-order chi connectivity index (χ0) is 16.9. The number of benzene rings is 1. The molecule has 2 N–H and O–H groups in total. The summed E-state index contributed by atoms with van der Waals surface area (Å²) in [7, 11) is 0. The first-order valence-corrected chi connectivity index (χ1v) is 8.50. The van der Waals surface area contributed by atoms with Gasteiger partial charge in [-0.1, -0.05) is 31.2 Å². The van der Waals surface area contributed by atoms with Gasteiger partial charge in [0.05, 0.1) is 11.3 Å². The monoisotopic (exact) mass is 338 g/mol. The van der Waals surface area contributed by atoms with Gasteiger partial charge in [-0.15, -0.1) is 0 Å². The quantitative estimate of drug-likeness (QED) is 0.723. The second-order valence-electron chi connectivity index (χ2n) is 5.28. The fourth-order valence-electron chi connectivity index (χ4n) is 2.41. The van der Waals surface area contributed by atoms with Crippen molar-refractivity contribution >= 4 is 33.9 Å². The summed E-state index contributed by atoms with van der Waals surface area (Å²) < 4.78 is 4.31. The lowest BCUT2D eigenvalue weighted by molar-refractivity contribution is 0.102. The fraction of sp³-hybridized carbons (Fsp3) is 0.167. The molecule has 0 bridgehead atoms. The van der Waals surface area contributed by atoms with Crippen molar-refractivity contribution in [1.29, 1.82) is 0 Å². The van der Waals surface area contributed by atoms with Gasteiger partial charge in [0.15, 0.2) is 0 Å². The van der Waals surface area contributed by atoms with Crippen molar-refractivity contribution in [2.45, 2.75) is 20.3 Å². The smallest absolute Gasteiger partial charge is 0.260 e. The van der Waals surface area contributed by atoms with Crippen molar-refractivity contribution in [3.8, 4) is 0 Å². The Hall–Kier alpha value is -2.73. The molecule has 2 heterocycles. The Labute approximate surface area is 144 Å². The zero-order valence-electron chi connectivity index (χ0n) is 13.5. The Morgan fingerprint density at radius 3 is 2.71 bits per heavy atom. The van der Waals surface area contributed by atoms with Gasteiger partial charge in [-0.3, -0.25) is 4.79 Å². The van der Waals surface area contributed by atoms with E-state index in [0.717, 1.165) is 17.7 Å². The van der Waals surface area contributed by atoms with Gasteiger partial charge in [-0.2, -0.15) is 4.37 Å². The minimum atomic E-state index is -0.166. The first kappa shape index (κ1) is 16.1. The molecule has 5 nitrogen and oxygen atoms in total. The van der Waals surface area contributed by atoms with Crippen LogP contribution in [0.4, 0.5) is 16.5 Å². The molecule has 0 aliphatic heterocycles. The van der Waals surface area contributed by atoms with Crippen LogP contribution in [0.1, 0.15) is 28.5 Å². The zero-order valence-corrected chi connectivity index (χ0v) is 14.4. The lowest BCUT2D eigenvalue weighted by Crippen LogP contribution is -2.15. The number of carbonyl (C=O) groups is 1. The molecule has 0 unspecified atom stereocenters. The van der Waals surface area contributed by atoms with Crippen LogP contribution in [0.15, 0.2) is 48.7 Å². The summed E-state index contributed by atoms with van der Waals surface area (Å²) in [5, 5.41) is 6.86. The van der Waals surface area contributed by atoms with E-state index in [4.69, 9.17) is 0 Å². The highest BCUT2D eigenvalue weighted by Crippen LogP contribution is 2.28. The van der Waals surface area contributed by atoms with E-state index in [1.54, 1.807) is 6.20 Å². The molecule has 0 radical (unpaired) electrons. The molecule has 0 aliphatic carbocycles. The molecule has 0 saturated carbocycles. The minimum absolute atomic E-state index is 0.166. The number of pyridine rings is 1. The van der Waals surface area contributed by atoms with E-state index >= 15 is 0 Å². The van der Waals surface area contributed by atoms with E-state index in [9.17, 15) is 4.79 Å². The molecule has 6 heteroatoms. The molecule has 2 aromatic heterocycles. The van der Waals surface area contributed by atoms with Crippen molar-refractivity contribution in [1.82, 2.24) is 9.36 Å². The molecular weight excluding hydrogens is 320 g/mol. The van der Waals surface area contributed by atoms with Crippen LogP contribution in [-0.2, 0) is 6.42 Å². The Kier molecular flexibility index (Phi) is 4.86. The SMILES string of the molecule is CCc1ccccc1NC(=O)c1c(C)nsc1Nc1ccccn1. The van der Waals surface area contributed by atoms with E-state index in [-0.39, 0.29) is 5.91 Å². The number of aryl methyl sites for hydroxylation is 2. The van der Waals surface area contributed by atoms with Crippen LogP contribution in [0, 0.1) is 6.92 Å². The number of nitrogens with one attached hydrogen (secondary N) is 2. The second-order valence-corrected chi connectivity index (χ2v) is 6.05. The highest BCUT2D eigenvalue weighted by Gasteiger charge is 2.19. The molecule has 122 valence electrons. The maximum atomic E-state index is 12.8. The summed E-state index contributed by atoms with van der Waals surface area (Å²) in [4.78, 5) is 17.0. The van der Waals surface area contributed by atoms with Gasteiger partial charge in [0.25, 0.3) is 5.91 Å². The average Bonchev–Trinajstić information content (AvgIpc) is 2.96. The number of hydrogen-bond donors (Lipinski definition) is 2. The molecule has 3 aromatic rings. The van der Waals surface area contributed by atoms with Crippen LogP contribution >= 0.6 is 11.5 Å². The maximum absolute atomic E-state index is 12.8. The normalized spacial score (nSPS) is 10.4. The van der Waals surface area contributed by atoms with Gasteiger partial charge in [0, 0.05) is 11.9 Å². The molecule has 0 aliphatic rings. The standard InChI is InChI=1S/C18H18N4OS/c1-3-13-8-4-5-9-14(13)20-17(23)16-12(2)22-24-18(16)21-15-10-6-7-11-19-15/h4-11H,3H2,1-2H3,(H,19,21)(H,20,23). The average molecular weight is 338 g/mol. The summed E-state index contributed by atoms with van der Waals surface area (Å²) in [6.45, 7) is 3.90. The number of amides is 1. The predicted molar refractivity (Wildman–Crippen MR) is 98.1 cm³/mol. The number of aromatic nitrogens is 2. The molecule has 0 saturated heterocycles. The van der Waals surface area contributed by atoms with Gasteiger partial charge in [0.1, 0.15) is 10.8 Å².